The summed E-state index contributed by atoms with van der Waals surface area (Å²) in [4.78, 5) is 30.1. The number of halogens is 3. The number of carboxylic acid groups (broad SMARTS) is 1. The SMILES string of the molecule is COc1cc(CCNC(=O)CN2C=CC(c3ccc(C(F)(F)F)cc3)=NC2C)cc(OC(C)(C)C(=O)O)c1. The lowest BCUT2D eigenvalue weighted by Crippen LogP contribution is -2.40. The lowest BCUT2D eigenvalue weighted by Gasteiger charge is -2.28. The van der Waals surface area contributed by atoms with Gasteiger partial charge >= 0.3 is 12.1 Å². The van der Waals surface area contributed by atoms with Gasteiger partial charge in [0.2, 0.25) is 5.91 Å². The van der Waals surface area contributed by atoms with Crippen LogP contribution in [0.4, 0.5) is 13.2 Å². The fourth-order valence-electron chi connectivity index (χ4n) is 3.65. The third-order valence-electron chi connectivity index (χ3n) is 5.86. The van der Waals surface area contributed by atoms with Crippen molar-refractivity contribution in [2.45, 2.75) is 45.1 Å². The molecule has 1 amide bonds. The van der Waals surface area contributed by atoms with E-state index >= 15 is 0 Å². The van der Waals surface area contributed by atoms with Crippen molar-refractivity contribution in [3.63, 3.8) is 0 Å². The first-order valence-electron chi connectivity index (χ1n) is 11.8. The molecule has 0 saturated carbocycles. The molecular formula is C27H30F3N3O5. The number of carboxylic acids is 1. The summed E-state index contributed by atoms with van der Waals surface area (Å²) < 4.78 is 49.3. The molecule has 0 aliphatic carbocycles. The summed E-state index contributed by atoms with van der Waals surface area (Å²) in [5.74, 6) is -0.502. The number of hydrogen-bond acceptors (Lipinski definition) is 6. The van der Waals surface area contributed by atoms with Gasteiger partial charge in [0.15, 0.2) is 5.60 Å². The van der Waals surface area contributed by atoms with Crippen molar-refractivity contribution in [1.82, 2.24) is 10.2 Å². The fraction of sp³-hybridized carbons (Fsp3) is 0.370. The van der Waals surface area contributed by atoms with Crippen molar-refractivity contribution in [3.8, 4) is 11.5 Å². The molecule has 1 heterocycles. The van der Waals surface area contributed by atoms with Crippen LogP contribution in [0.5, 0.6) is 11.5 Å². The molecule has 204 valence electrons. The highest BCUT2D eigenvalue weighted by molar-refractivity contribution is 6.09. The van der Waals surface area contributed by atoms with E-state index in [0.29, 0.717) is 35.7 Å². The lowest BCUT2D eigenvalue weighted by molar-refractivity contribution is -0.152. The number of alkyl halides is 3. The van der Waals surface area contributed by atoms with Gasteiger partial charge in [-0.2, -0.15) is 13.2 Å². The molecule has 2 aromatic rings. The number of hydrogen-bond donors (Lipinski definition) is 2. The minimum atomic E-state index is -4.40. The number of nitrogens with zero attached hydrogens (tertiary/aromatic N) is 2. The summed E-state index contributed by atoms with van der Waals surface area (Å²) in [6.07, 6.45) is -0.986. The summed E-state index contributed by atoms with van der Waals surface area (Å²) in [7, 11) is 1.49. The van der Waals surface area contributed by atoms with Crippen LogP contribution in [0.1, 0.15) is 37.5 Å². The molecule has 0 bridgehead atoms. The van der Waals surface area contributed by atoms with Crippen molar-refractivity contribution < 1.29 is 37.3 Å². The number of aliphatic carboxylic acids is 1. The first-order chi connectivity index (χ1) is 17.8. The molecule has 8 nitrogen and oxygen atoms in total. The fourth-order valence-corrected chi connectivity index (χ4v) is 3.65. The monoisotopic (exact) mass is 533 g/mol. The Bertz CT molecular complexity index is 1220. The maximum Gasteiger partial charge on any atom is 0.416 e. The number of methoxy groups -OCH3 is 1. The van der Waals surface area contributed by atoms with Crippen LogP contribution < -0.4 is 14.8 Å². The standard InChI is InChI=1S/C27H30F3N3O5/c1-17-32-23(19-5-7-20(8-6-19)27(28,29)30)10-12-33(17)16-24(34)31-11-9-18-13-21(37-4)15-22(14-18)38-26(2,3)25(35)36/h5-8,10,12-15,17H,9,11,16H2,1-4H3,(H,31,34)(H,35,36). The third-order valence-corrected chi connectivity index (χ3v) is 5.86. The minimum absolute atomic E-state index is 0.0424. The lowest BCUT2D eigenvalue weighted by atomic mass is 10.1. The highest BCUT2D eigenvalue weighted by Gasteiger charge is 2.31. The molecular weight excluding hydrogens is 503 g/mol. The van der Waals surface area contributed by atoms with Gasteiger partial charge in [0, 0.05) is 18.8 Å². The third kappa shape index (κ3) is 7.50. The number of carbonyl (C=O) groups excluding carboxylic acids is 1. The second kappa shape index (κ2) is 11.6. The summed E-state index contributed by atoms with van der Waals surface area (Å²) in [5, 5.41) is 12.1. The second-order valence-electron chi connectivity index (χ2n) is 9.24. The molecule has 2 aromatic carbocycles. The van der Waals surface area contributed by atoms with Crippen LogP contribution in [0, 0.1) is 0 Å². The average Bonchev–Trinajstić information content (AvgIpc) is 2.84. The predicted octanol–water partition coefficient (Wildman–Crippen LogP) is 4.28. The van der Waals surface area contributed by atoms with Crippen LogP contribution in [0.15, 0.2) is 59.7 Å². The molecule has 3 rings (SSSR count). The molecule has 38 heavy (non-hydrogen) atoms. The summed E-state index contributed by atoms with van der Waals surface area (Å²) >= 11 is 0. The summed E-state index contributed by atoms with van der Waals surface area (Å²) in [5.41, 5.74) is -0.276. The second-order valence-corrected chi connectivity index (χ2v) is 9.24. The van der Waals surface area contributed by atoms with E-state index in [0.717, 1.165) is 17.7 Å². The van der Waals surface area contributed by atoms with E-state index in [1.165, 1.54) is 33.1 Å². The Morgan fingerprint density at radius 3 is 2.34 bits per heavy atom. The Hall–Kier alpha value is -4.02. The van der Waals surface area contributed by atoms with E-state index < -0.39 is 29.5 Å². The molecule has 1 aliphatic rings. The van der Waals surface area contributed by atoms with E-state index in [1.54, 1.807) is 42.3 Å². The van der Waals surface area contributed by atoms with Gasteiger partial charge in [-0.25, -0.2) is 4.79 Å². The Morgan fingerprint density at radius 1 is 1.11 bits per heavy atom. The maximum absolute atomic E-state index is 12.8. The smallest absolute Gasteiger partial charge is 0.416 e. The molecule has 0 radical (unpaired) electrons. The van der Waals surface area contributed by atoms with Gasteiger partial charge in [0.05, 0.1) is 24.9 Å². The zero-order chi connectivity index (χ0) is 28.1. The highest BCUT2D eigenvalue weighted by Crippen LogP contribution is 2.29. The Labute approximate surface area is 218 Å². The molecule has 1 aliphatic heterocycles. The number of allylic oxidation sites excluding steroid dienone is 1. The zero-order valence-electron chi connectivity index (χ0n) is 21.5. The Morgan fingerprint density at radius 2 is 1.76 bits per heavy atom. The maximum atomic E-state index is 12.8. The number of ether oxygens (including phenoxy) is 2. The molecule has 11 heteroatoms. The van der Waals surface area contributed by atoms with E-state index in [2.05, 4.69) is 10.3 Å². The largest absolute Gasteiger partial charge is 0.497 e. The van der Waals surface area contributed by atoms with Crippen LogP contribution in [-0.4, -0.2) is 59.6 Å². The number of carbonyl (C=O) groups is 2. The number of aliphatic imine (C=N–C) groups is 1. The quantitative estimate of drug-likeness (QED) is 0.473. The highest BCUT2D eigenvalue weighted by atomic mass is 19.4. The first-order valence-corrected chi connectivity index (χ1v) is 11.8. The van der Waals surface area contributed by atoms with E-state index in [-0.39, 0.29) is 12.5 Å². The molecule has 1 unspecified atom stereocenters. The van der Waals surface area contributed by atoms with Gasteiger partial charge in [-0.05, 0) is 68.7 Å². The van der Waals surface area contributed by atoms with Crippen LogP contribution in [0.25, 0.3) is 0 Å². The average molecular weight is 534 g/mol. The van der Waals surface area contributed by atoms with Crippen LogP contribution in [0.3, 0.4) is 0 Å². The molecule has 0 saturated heterocycles. The van der Waals surface area contributed by atoms with Crippen LogP contribution in [-0.2, 0) is 22.2 Å². The van der Waals surface area contributed by atoms with Crippen molar-refractivity contribution in [2.75, 3.05) is 20.2 Å². The summed E-state index contributed by atoms with van der Waals surface area (Å²) in [6, 6.07) is 9.85. The molecule has 2 N–H and O–H groups in total. The Kier molecular flexibility index (Phi) is 8.70. The van der Waals surface area contributed by atoms with Crippen molar-refractivity contribution in [1.29, 1.82) is 0 Å². The van der Waals surface area contributed by atoms with Crippen molar-refractivity contribution in [2.24, 2.45) is 4.99 Å². The van der Waals surface area contributed by atoms with E-state index in [9.17, 15) is 27.9 Å². The van der Waals surface area contributed by atoms with Crippen molar-refractivity contribution in [3.05, 3.63) is 71.4 Å². The van der Waals surface area contributed by atoms with E-state index in [1.807, 2.05) is 0 Å². The number of amides is 1. The predicted molar refractivity (Wildman–Crippen MR) is 135 cm³/mol. The molecule has 0 spiro atoms. The summed E-state index contributed by atoms with van der Waals surface area (Å²) in [6.45, 7) is 5.04. The number of rotatable bonds is 10. The van der Waals surface area contributed by atoms with E-state index in [4.69, 9.17) is 9.47 Å². The van der Waals surface area contributed by atoms with Gasteiger partial charge in [0.25, 0.3) is 0 Å². The van der Waals surface area contributed by atoms with Crippen LogP contribution >= 0.6 is 0 Å². The topological polar surface area (TPSA) is 100 Å². The molecule has 1 atom stereocenters. The molecule has 0 aromatic heterocycles. The van der Waals surface area contributed by atoms with Gasteiger partial charge in [-0.15, -0.1) is 0 Å². The minimum Gasteiger partial charge on any atom is -0.497 e. The normalized spacial score (nSPS) is 15.6. The van der Waals surface area contributed by atoms with Crippen LogP contribution in [0.2, 0.25) is 0 Å². The molecule has 0 fully saturated rings. The van der Waals surface area contributed by atoms with Crippen molar-refractivity contribution >= 4 is 17.6 Å². The van der Waals surface area contributed by atoms with Gasteiger partial charge in [0.1, 0.15) is 17.7 Å². The van der Waals surface area contributed by atoms with Gasteiger partial charge in [-0.3, -0.25) is 9.79 Å². The number of benzene rings is 2. The van der Waals surface area contributed by atoms with Gasteiger partial charge in [-0.1, -0.05) is 12.1 Å². The van der Waals surface area contributed by atoms with Gasteiger partial charge < -0.3 is 24.8 Å². The zero-order valence-corrected chi connectivity index (χ0v) is 21.5. The first kappa shape index (κ1) is 28.5. The Balaban J connectivity index is 1.54. The number of nitrogens with one attached hydrogen (secondary N) is 1.